The van der Waals surface area contributed by atoms with Gasteiger partial charge in [-0.2, -0.15) is 0 Å². The van der Waals surface area contributed by atoms with E-state index in [4.69, 9.17) is 4.74 Å². The van der Waals surface area contributed by atoms with Gasteiger partial charge in [-0.05, 0) is 30.5 Å². The fourth-order valence-corrected chi connectivity index (χ4v) is 3.00. The predicted molar refractivity (Wildman–Crippen MR) is 86.7 cm³/mol. The molecule has 0 saturated carbocycles. The topological polar surface area (TPSA) is 29.5 Å². The second-order valence-electron chi connectivity index (χ2n) is 5.08. The zero-order valence-corrected chi connectivity index (χ0v) is 13.3. The second-order valence-corrected chi connectivity index (χ2v) is 6.11. The van der Waals surface area contributed by atoms with Crippen molar-refractivity contribution in [2.75, 3.05) is 27.2 Å². The third kappa shape index (κ3) is 4.69. The van der Waals surface area contributed by atoms with Gasteiger partial charge in [0.25, 0.3) is 0 Å². The van der Waals surface area contributed by atoms with Gasteiger partial charge >= 0.3 is 5.97 Å². The molecule has 0 bridgehead atoms. The Hall–Kier alpha value is -1.65. The van der Waals surface area contributed by atoms with E-state index in [-0.39, 0.29) is 11.9 Å². The van der Waals surface area contributed by atoms with Crippen LogP contribution in [0.1, 0.15) is 16.4 Å². The predicted octanol–water partition coefficient (Wildman–Crippen LogP) is 3.18. The highest BCUT2D eigenvalue weighted by atomic mass is 32.1. The van der Waals surface area contributed by atoms with Gasteiger partial charge in [-0.25, -0.2) is 0 Å². The largest absolute Gasteiger partial charge is 0.469 e. The molecule has 1 aromatic heterocycles. The summed E-state index contributed by atoms with van der Waals surface area (Å²) in [7, 11) is 3.50. The number of hydrogen-bond donors (Lipinski definition) is 0. The molecule has 21 heavy (non-hydrogen) atoms. The van der Waals surface area contributed by atoms with E-state index in [9.17, 15) is 4.79 Å². The smallest absolute Gasteiger partial charge is 0.314 e. The quantitative estimate of drug-likeness (QED) is 0.736. The highest BCUT2D eigenvalue weighted by Gasteiger charge is 2.22. The highest BCUT2D eigenvalue weighted by Crippen LogP contribution is 2.19. The first-order chi connectivity index (χ1) is 10.2. The van der Waals surface area contributed by atoms with Crippen LogP contribution in [-0.2, 0) is 16.0 Å². The normalized spacial score (nSPS) is 12.3. The molecule has 0 aliphatic carbocycles. The lowest BCUT2D eigenvalue weighted by Crippen LogP contribution is -2.31. The van der Waals surface area contributed by atoms with Crippen molar-refractivity contribution < 1.29 is 9.53 Å². The molecule has 1 unspecified atom stereocenters. The maximum atomic E-state index is 12.0. The molecule has 112 valence electrons. The second kappa shape index (κ2) is 7.96. The number of thiophene rings is 1. The van der Waals surface area contributed by atoms with Crippen LogP contribution in [0.15, 0.2) is 47.8 Å². The molecule has 1 heterocycles. The number of hydrogen-bond acceptors (Lipinski definition) is 4. The van der Waals surface area contributed by atoms with E-state index in [1.54, 1.807) is 11.3 Å². The summed E-state index contributed by atoms with van der Waals surface area (Å²) in [5.74, 6) is -0.409. The number of esters is 1. The van der Waals surface area contributed by atoms with E-state index in [2.05, 4.69) is 22.4 Å². The Balaban J connectivity index is 1.96. The van der Waals surface area contributed by atoms with E-state index in [1.165, 1.54) is 12.0 Å². The third-order valence-electron chi connectivity index (χ3n) is 3.50. The van der Waals surface area contributed by atoms with Gasteiger partial charge < -0.3 is 9.64 Å². The Morgan fingerprint density at radius 3 is 2.62 bits per heavy atom. The first kappa shape index (κ1) is 15.7. The van der Waals surface area contributed by atoms with Crippen LogP contribution in [0.2, 0.25) is 0 Å². The van der Waals surface area contributed by atoms with E-state index in [1.807, 2.05) is 37.4 Å². The molecule has 2 aromatic rings. The van der Waals surface area contributed by atoms with Crippen LogP contribution >= 0.6 is 11.3 Å². The van der Waals surface area contributed by atoms with Crippen molar-refractivity contribution in [3.8, 4) is 0 Å². The Kier molecular flexibility index (Phi) is 5.96. The number of ether oxygens (including phenoxy) is 1. The first-order valence-corrected chi connectivity index (χ1v) is 7.92. The van der Waals surface area contributed by atoms with Crippen molar-refractivity contribution in [3.63, 3.8) is 0 Å². The summed E-state index contributed by atoms with van der Waals surface area (Å²) in [6.45, 7) is 1.60. The van der Waals surface area contributed by atoms with Crippen LogP contribution in [0.3, 0.4) is 0 Å². The van der Waals surface area contributed by atoms with Crippen LogP contribution in [-0.4, -0.2) is 38.1 Å². The van der Waals surface area contributed by atoms with Gasteiger partial charge in [-0.15, -0.1) is 11.3 Å². The summed E-state index contributed by atoms with van der Waals surface area (Å²) in [6.07, 6.45) is 1.01. The average molecular weight is 303 g/mol. The number of nitrogens with zero attached hydrogens (tertiary/aromatic N) is 1. The number of likely N-dealkylation sites (N-methyl/N-ethyl adjacent to an activating group) is 1. The molecule has 3 nitrogen and oxygen atoms in total. The lowest BCUT2D eigenvalue weighted by molar-refractivity contribution is -0.142. The van der Waals surface area contributed by atoms with Crippen LogP contribution in [0.5, 0.6) is 0 Å². The van der Waals surface area contributed by atoms with E-state index < -0.39 is 0 Å². The van der Waals surface area contributed by atoms with Gasteiger partial charge in [0.2, 0.25) is 0 Å². The Labute approximate surface area is 130 Å². The SMILES string of the molecule is COC(=O)C(CN(C)CCc1cccs1)c1ccccc1. The lowest BCUT2D eigenvalue weighted by atomic mass is 9.98. The van der Waals surface area contributed by atoms with Crippen molar-refractivity contribution >= 4 is 17.3 Å². The summed E-state index contributed by atoms with van der Waals surface area (Å²) >= 11 is 1.77. The zero-order valence-electron chi connectivity index (χ0n) is 12.5. The van der Waals surface area contributed by atoms with Crippen molar-refractivity contribution in [2.24, 2.45) is 0 Å². The number of carbonyl (C=O) groups is 1. The molecule has 0 spiro atoms. The number of rotatable bonds is 7. The minimum absolute atomic E-state index is 0.177. The van der Waals surface area contributed by atoms with Crippen molar-refractivity contribution in [1.29, 1.82) is 0 Å². The van der Waals surface area contributed by atoms with Crippen LogP contribution < -0.4 is 0 Å². The van der Waals surface area contributed by atoms with E-state index in [0.29, 0.717) is 6.54 Å². The van der Waals surface area contributed by atoms with Crippen molar-refractivity contribution in [3.05, 3.63) is 58.3 Å². The number of benzene rings is 1. The average Bonchev–Trinajstić information content (AvgIpc) is 3.04. The van der Waals surface area contributed by atoms with E-state index >= 15 is 0 Å². The van der Waals surface area contributed by atoms with Crippen molar-refractivity contribution in [2.45, 2.75) is 12.3 Å². The molecule has 4 heteroatoms. The summed E-state index contributed by atoms with van der Waals surface area (Å²) in [5.41, 5.74) is 1.01. The fraction of sp³-hybridized carbons (Fsp3) is 0.353. The molecule has 0 N–H and O–H groups in total. The summed E-state index contributed by atoms with van der Waals surface area (Å²) in [5, 5.41) is 2.09. The van der Waals surface area contributed by atoms with Gasteiger partial charge in [-0.3, -0.25) is 4.79 Å². The molecule has 2 rings (SSSR count). The first-order valence-electron chi connectivity index (χ1n) is 7.04. The van der Waals surface area contributed by atoms with Crippen LogP contribution in [0, 0.1) is 0 Å². The molecule has 0 amide bonds. The minimum atomic E-state index is -0.232. The Morgan fingerprint density at radius 1 is 1.24 bits per heavy atom. The van der Waals surface area contributed by atoms with Crippen LogP contribution in [0.25, 0.3) is 0 Å². The Bertz CT molecular complexity index is 539. The van der Waals surface area contributed by atoms with Crippen LogP contribution in [0.4, 0.5) is 0 Å². The summed E-state index contributed by atoms with van der Waals surface area (Å²) < 4.78 is 4.95. The molecule has 0 saturated heterocycles. The molecule has 0 fully saturated rings. The fourth-order valence-electron chi connectivity index (χ4n) is 2.30. The molecular weight excluding hydrogens is 282 g/mol. The maximum Gasteiger partial charge on any atom is 0.314 e. The van der Waals surface area contributed by atoms with E-state index in [0.717, 1.165) is 18.5 Å². The molecule has 0 aliphatic rings. The van der Waals surface area contributed by atoms with Crippen molar-refractivity contribution in [1.82, 2.24) is 4.90 Å². The molecule has 0 aliphatic heterocycles. The molecule has 0 radical (unpaired) electrons. The van der Waals surface area contributed by atoms with Gasteiger partial charge in [0.15, 0.2) is 0 Å². The standard InChI is InChI=1S/C17H21NO2S/c1-18(11-10-15-9-6-12-21-15)13-16(17(19)20-2)14-7-4-3-5-8-14/h3-9,12,16H,10-11,13H2,1-2H3. The number of methoxy groups -OCH3 is 1. The summed E-state index contributed by atoms with van der Waals surface area (Å²) in [6, 6.07) is 14.0. The van der Waals surface area contributed by atoms with Gasteiger partial charge in [0, 0.05) is 18.0 Å². The number of carbonyl (C=O) groups excluding carboxylic acids is 1. The zero-order chi connectivity index (χ0) is 15.1. The molecular formula is C17H21NO2S. The lowest BCUT2D eigenvalue weighted by Gasteiger charge is -2.22. The summed E-state index contributed by atoms with van der Waals surface area (Å²) in [4.78, 5) is 15.6. The minimum Gasteiger partial charge on any atom is -0.469 e. The Morgan fingerprint density at radius 2 is 2.00 bits per heavy atom. The highest BCUT2D eigenvalue weighted by molar-refractivity contribution is 7.09. The van der Waals surface area contributed by atoms with Gasteiger partial charge in [-0.1, -0.05) is 36.4 Å². The molecule has 1 aromatic carbocycles. The molecule has 1 atom stereocenters. The van der Waals surface area contributed by atoms with Gasteiger partial charge in [0.1, 0.15) is 0 Å². The monoisotopic (exact) mass is 303 g/mol. The third-order valence-corrected chi connectivity index (χ3v) is 4.44. The van der Waals surface area contributed by atoms with Gasteiger partial charge in [0.05, 0.1) is 13.0 Å². The maximum absolute atomic E-state index is 12.0.